The number of carbonyl (C=O) groups excluding carboxylic acids is 2. The second kappa shape index (κ2) is 8.29. The molecule has 1 aromatic heterocycles. The Hall–Kier alpha value is -3.43. The maximum atomic E-state index is 13.0. The monoisotopic (exact) mass is 404 g/mol. The Balaban J connectivity index is 1.90. The van der Waals surface area contributed by atoms with Gasteiger partial charge in [0, 0.05) is 20.1 Å². The van der Waals surface area contributed by atoms with Gasteiger partial charge in [0.1, 0.15) is 11.6 Å². The van der Waals surface area contributed by atoms with Crippen LogP contribution in [0.5, 0.6) is 5.75 Å². The average molecular weight is 404 g/mol. The standard InChI is InChI=1S/C19H21FN4O5/c1-23(19(28)29-2)13-4-3-9-24-16(13)22-14(15(25)18(24)27)17(26)21-10-11-5-7-12(20)8-6-11/h5-8,13,25H,3-4,9-10H2,1-2H3,(H,21,26). The molecule has 2 N–H and O–H groups in total. The Kier molecular flexibility index (Phi) is 5.81. The lowest BCUT2D eigenvalue weighted by molar-refractivity contribution is 0.0938. The number of aromatic nitrogens is 2. The number of benzene rings is 1. The van der Waals surface area contributed by atoms with Gasteiger partial charge in [-0.15, -0.1) is 0 Å². The zero-order chi connectivity index (χ0) is 21.1. The molecule has 9 nitrogen and oxygen atoms in total. The van der Waals surface area contributed by atoms with Crippen molar-refractivity contribution < 1.29 is 23.8 Å². The van der Waals surface area contributed by atoms with Crippen molar-refractivity contribution in [1.29, 1.82) is 0 Å². The van der Waals surface area contributed by atoms with E-state index in [-0.39, 0.29) is 12.4 Å². The molecule has 1 aliphatic rings. The molecule has 2 aromatic rings. The third-order valence-corrected chi connectivity index (χ3v) is 4.84. The van der Waals surface area contributed by atoms with E-state index in [0.29, 0.717) is 24.9 Å². The van der Waals surface area contributed by atoms with E-state index in [1.807, 2.05) is 0 Å². The van der Waals surface area contributed by atoms with Gasteiger partial charge in [0.15, 0.2) is 5.69 Å². The number of ether oxygens (including phenoxy) is 1. The predicted molar refractivity (Wildman–Crippen MR) is 99.9 cm³/mol. The van der Waals surface area contributed by atoms with Gasteiger partial charge in [-0.2, -0.15) is 0 Å². The van der Waals surface area contributed by atoms with Gasteiger partial charge in [0.2, 0.25) is 5.75 Å². The van der Waals surface area contributed by atoms with Crippen LogP contribution >= 0.6 is 0 Å². The quantitative estimate of drug-likeness (QED) is 0.799. The molecule has 10 heteroatoms. The molecule has 1 atom stereocenters. The molecule has 0 radical (unpaired) electrons. The lowest BCUT2D eigenvalue weighted by Gasteiger charge is -2.32. The van der Waals surface area contributed by atoms with Gasteiger partial charge in [-0.25, -0.2) is 14.2 Å². The first kappa shape index (κ1) is 20.3. The molecule has 0 saturated heterocycles. The van der Waals surface area contributed by atoms with E-state index in [0.717, 1.165) is 0 Å². The van der Waals surface area contributed by atoms with Crippen LogP contribution in [0.2, 0.25) is 0 Å². The first-order valence-corrected chi connectivity index (χ1v) is 9.00. The molecule has 2 amide bonds. The van der Waals surface area contributed by atoms with Crippen molar-refractivity contribution in [3.05, 3.63) is 57.5 Å². The van der Waals surface area contributed by atoms with Crippen LogP contribution in [0.3, 0.4) is 0 Å². The van der Waals surface area contributed by atoms with Crippen LogP contribution in [0, 0.1) is 5.82 Å². The lowest BCUT2D eigenvalue weighted by Crippen LogP contribution is -2.40. The van der Waals surface area contributed by atoms with Gasteiger partial charge in [-0.3, -0.25) is 14.2 Å². The highest BCUT2D eigenvalue weighted by Gasteiger charge is 2.32. The van der Waals surface area contributed by atoms with Crippen LogP contribution in [0.1, 0.15) is 40.8 Å². The van der Waals surface area contributed by atoms with Gasteiger partial charge in [-0.1, -0.05) is 12.1 Å². The average Bonchev–Trinajstić information content (AvgIpc) is 2.74. The molecule has 0 saturated carbocycles. The van der Waals surface area contributed by atoms with Crippen molar-refractivity contribution in [3.8, 4) is 5.75 Å². The number of aromatic hydroxyl groups is 1. The molecule has 0 spiro atoms. The summed E-state index contributed by atoms with van der Waals surface area (Å²) >= 11 is 0. The van der Waals surface area contributed by atoms with E-state index in [1.54, 1.807) is 0 Å². The lowest BCUT2D eigenvalue weighted by atomic mass is 10.0. The highest BCUT2D eigenvalue weighted by Crippen LogP contribution is 2.29. The van der Waals surface area contributed by atoms with E-state index in [9.17, 15) is 23.9 Å². The maximum absolute atomic E-state index is 13.0. The second-order valence-corrected chi connectivity index (χ2v) is 6.67. The Morgan fingerprint density at radius 2 is 2.07 bits per heavy atom. The molecule has 0 aliphatic carbocycles. The maximum Gasteiger partial charge on any atom is 0.409 e. The fourth-order valence-corrected chi connectivity index (χ4v) is 3.27. The van der Waals surface area contributed by atoms with E-state index >= 15 is 0 Å². The minimum absolute atomic E-state index is 0.0597. The zero-order valence-electron chi connectivity index (χ0n) is 16.0. The van der Waals surface area contributed by atoms with Crippen molar-refractivity contribution in [3.63, 3.8) is 0 Å². The van der Waals surface area contributed by atoms with Crippen molar-refractivity contribution in [2.24, 2.45) is 0 Å². The van der Waals surface area contributed by atoms with Gasteiger partial charge in [0.05, 0.1) is 13.2 Å². The molecule has 1 aromatic carbocycles. The normalized spacial score (nSPS) is 15.3. The highest BCUT2D eigenvalue weighted by molar-refractivity contribution is 5.94. The molecule has 1 unspecified atom stereocenters. The number of halogens is 1. The van der Waals surface area contributed by atoms with Crippen molar-refractivity contribution in [2.75, 3.05) is 14.2 Å². The first-order valence-electron chi connectivity index (χ1n) is 9.00. The van der Waals surface area contributed by atoms with E-state index < -0.39 is 40.9 Å². The molecule has 1 aliphatic heterocycles. The smallest absolute Gasteiger partial charge is 0.409 e. The largest absolute Gasteiger partial charge is 0.501 e. The first-order chi connectivity index (χ1) is 13.8. The number of hydrogen-bond donors (Lipinski definition) is 2. The number of amides is 2. The number of methoxy groups -OCH3 is 1. The molecule has 0 fully saturated rings. The van der Waals surface area contributed by atoms with Gasteiger partial charge >= 0.3 is 6.09 Å². The van der Waals surface area contributed by atoms with Crippen molar-refractivity contribution in [1.82, 2.24) is 19.8 Å². The third kappa shape index (κ3) is 4.05. The molecule has 29 heavy (non-hydrogen) atoms. The minimum atomic E-state index is -0.758. The van der Waals surface area contributed by atoms with Crippen LogP contribution in [-0.2, 0) is 17.8 Å². The van der Waals surface area contributed by atoms with Crippen molar-refractivity contribution in [2.45, 2.75) is 32.0 Å². The number of nitrogens with zero attached hydrogens (tertiary/aromatic N) is 3. The Bertz CT molecular complexity index is 989. The summed E-state index contributed by atoms with van der Waals surface area (Å²) in [5.74, 6) is -1.70. The number of nitrogens with one attached hydrogen (secondary N) is 1. The van der Waals surface area contributed by atoms with Gasteiger partial charge in [0.25, 0.3) is 11.5 Å². The molecular formula is C19H21FN4O5. The Morgan fingerprint density at radius 1 is 1.38 bits per heavy atom. The van der Waals surface area contributed by atoms with E-state index in [4.69, 9.17) is 4.74 Å². The number of fused-ring (bicyclic) bond motifs is 1. The molecule has 0 bridgehead atoms. The number of rotatable bonds is 4. The predicted octanol–water partition coefficient (Wildman–Crippen LogP) is 1.55. The zero-order valence-corrected chi connectivity index (χ0v) is 16.0. The summed E-state index contributed by atoms with van der Waals surface area (Å²) in [6, 6.07) is 4.96. The van der Waals surface area contributed by atoms with Gasteiger partial charge in [-0.05, 0) is 30.5 Å². The summed E-state index contributed by atoms with van der Waals surface area (Å²) in [6.07, 6.45) is 0.517. The molecule has 154 valence electrons. The molecule has 2 heterocycles. The third-order valence-electron chi connectivity index (χ3n) is 4.84. The fraction of sp³-hybridized carbons (Fsp3) is 0.368. The summed E-state index contributed by atoms with van der Waals surface area (Å²) in [5, 5.41) is 12.8. The van der Waals surface area contributed by atoms with Crippen LogP contribution < -0.4 is 10.9 Å². The van der Waals surface area contributed by atoms with Gasteiger partial charge < -0.3 is 20.1 Å². The van der Waals surface area contributed by atoms with Crippen LogP contribution in [-0.4, -0.2) is 45.7 Å². The topological polar surface area (TPSA) is 114 Å². The fourth-order valence-electron chi connectivity index (χ4n) is 3.27. The summed E-state index contributed by atoms with van der Waals surface area (Å²) < 4.78 is 19.0. The van der Waals surface area contributed by atoms with E-state index in [1.165, 1.54) is 47.9 Å². The summed E-state index contributed by atoms with van der Waals surface area (Å²) in [4.78, 5) is 42.5. The van der Waals surface area contributed by atoms with Crippen LogP contribution in [0.25, 0.3) is 0 Å². The minimum Gasteiger partial charge on any atom is -0.501 e. The van der Waals surface area contributed by atoms with Crippen molar-refractivity contribution >= 4 is 12.0 Å². The highest BCUT2D eigenvalue weighted by atomic mass is 19.1. The summed E-state index contributed by atoms with van der Waals surface area (Å²) in [6.45, 7) is 0.377. The van der Waals surface area contributed by atoms with E-state index in [2.05, 4.69) is 10.3 Å². The SMILES string of the molecule is COC(=O)N(C)C1CCCn2c1nc(C(=O)NCc1ccc(F)cc1)c(O)c2=O. The molecule has 3 rings (SSSR count). The van der Waals surface area contributed by atoms with Crippen LogP contribution in [0.15, 0.2) is 29.1 Å². The summed E-state index contributed by atoms with van der Waals surface area (Å²) in [5.41, 5.74) is -0.532. The second-order valence-electron chi connectivity index (χ2n) is 6.67. The number of hydrogen-bond acceptors (Lipinski definition) is 6. The Labute approximate surface area is 165 Å². The number of carbonyl (C=O) groups is 2. The molecular weight excluding hydrogens is 383 g/mol. The van der Waals surface area contributed by atoms with Crippen LogP contribution in [0.4, 0.5) is 9.18 Å². The summed E-state index contributed by atoms with van der Waals surface area (Å²) in [7, 11) is 2.76. The Morgan fingerprint density at radius 3 is 2.72 bits per heavy atom.